The first kappa shape index (κ1) is 24.9. The zero-order valence-electron chi connectivity index (χ0n) is 20.9. The van der Waals surface area contributed by atoms with E-state index in [1.54, 1.807) is 6.07 Å². The van der Waals surface area contributed by atoms with Crippen LogP contribution in [-0.4, -0.2) is 26.8 Å². The van der Waals surface area contributed by atoms with Gasteiger partial charge in [0.1, 0.15) is 17.1 Å². The average Bonchev–Trinajstić information content (AvgIpc) is 3.22. The molecule has 196 valence electrons. The SMILES string of the molecule is CCCC1(c2cc(NC(=O)Cc3ccc(-c4nn(C5(C)CC5)c(N)c4C(N)=O)c(F)c3F)on2)CCC1. The number of nitrogens with one attached hydrogen (secondary N) is 1. The number of primary amides is 1. The molecule has 9 nitrogen and oxygen atoms in total. The molecule has 2 amide bonds. The van der Waals surface area contributed by atoms with E-state index in [9.17, 15) is 9.59 Å². The monoisotopic (exact) mass is 512 g/mol. The first-order chi connectivity index (χ1) is 17.6. The molecule has 0 unspecified atom stereocenters. The third kappa shape index (κ3) is 4.25. The second-order valence-electron chi connectivity index (χ2n) is 10.5. The summed E-state index contributed by atoms with van der Waals surface area (Å²) < 4.78 is 37.0. The van der Waals surface area contributed by atoms with E-state index in [4.69, 9.17) is 16.0 Å². The fourth-order valence-electron chi connectivity index (χ4n) is 5.23. The van der Waals surface area contributed by atoms with Crippen LogP contribution >= 0.6 is 0 Å². The number of nitrogens with two attached hydrogens (primary N) is 2. The van der Waals surface area contributed by atoms with Gasteiger partial charge in [0.2, 0.25) is 11.8 Å². The Morgan fingerprint density at radius 2 is 1.92 bits per heavy atom. The van der Waals surface area contributed by atoms with Crippen LogP contribution in [0.25, 0.3) is 11.3 Å². The first-order valence-electron chi connectivity index (χ1n) is 12.5. The number of nitrogen functional groups attached to an aromatic ring is 1. The van der Waals surface area contributed by atoms with Crippen LogP contribution in [0.4, 0.5) is 20.5 Å². The Hall–Kier alpha value is -3.76. The highest BCUT2D eigenvalue weighted by molar-refractivity contribution is 6.03. The van der Waals surface area contributed by atoms with Crippen molar-refractivity contribution < 1.29 is 22.9 Å². The van der Waals surface area contributed by atoms with Gasteiger partial charge in [-0.25, -0.2) is 13.5 Å². The van der Waals surface area contributed by atoms with Gasteiger partial charge in [0.15, 0.2) is 11.6 Å². The molecule has 37 heavy (non-hydrogen) atoms. The Morgan fingerprint density at radius 1 is 1.19 bits per heavy atom. The molecule has 0 bridgehead atoms. The minimum absolute atomic E-state index is 0.0105. The molecule has 2 aromatic heterocycles. The molecule has 2 aliphatic rings. The summed E-state index contributed by atoms with van der Waals surface area (Å²) in [5.41, 5.74) is 11.3. The van der Waals surface area contributed by atoms with Crippen LogP contribution in [0.15, 0.2) is 22.7 Å². The summed E-state index contributed by atoms with van der Waals surface area (Å²) in [5, 5.41) is 11.0. The Kier molecular flexibility index (Phi) is 6.04. The van der Waals surface area contributed by atoms with Crippen LogP contribution in [0, 0.1) is 11.6 Å². The molecule has 2 fully saturated rings. The molecular formula is C26H30F2N6O3. The molecule has 0 spiro atoms. The van der Waals surface area contributed by atoms with Gasteiger partial charge in [-0.15, -0.1) is 0 Å². The summed E-state index contributed by atoms with van der Waals surface area (Å²) >= 11 is 0. The topological polar surface area (TPSA) is 142 Å². The predicted molar refractivity (Wildman–Crippen MR) is 133 cm³/mol. The van der Waals surface area contributed by atoms with Crippen LogP contribution < -0.4 is 16.8 Å². The number of hydrogen-bond donors (Lipinski definition) is 3. The van der Waals surface area contributed by atoms with Gasteiger partial charge >= 0.3 is 0 Å². The summed E-state index contributed by atoms with van der Waals surface area (Å²) in [5.74, 6) is -3.75. The van der Waals surface area contributed by atoms with Gasteiger partial charge in [-0.2, -0.15) is 5.10 Å². The first-order valence-corrected chi connectivity index (χ1v) is 12.5. The number of halogens is 2. The summed E-state index contributed by atoms with van der Waals surface area (Å²) in [7, 11) is 0. The molecule has 5 rings (SSSR count). The van der Waals surface area contributed by atoms with Crippen molar-refractivity contribution in [3.63, 3.8) is 0 Å². The highest BCUT2D eigenvalue weighted by atomic mass is 19.2. The number of aromatic nitrogens is 3. The van der Waals surface area contributed by atoms with Crippen LogP contribution in [0.5, 0.6) is 0 Å². The van der Waals surface area contributed by atoms with Crippen LogP contribution in [-0.2, 0) is 22.2 Å². The maximum Gasteiger partial charge on any atom is 0.254 e. The third-order valence-electron chi connectivity index (χ3n) is 7.78. The maximum absolute atomic E-state index is 15.2. The highest BCUT2D eigenvalue weighted by Crippen LogP contribution is 2.47. The zero-order chi connectivity index (χ0) is 26.5. The Morgan fingerprint density at radius 3 is 2.51 bits per heavy atom. The van der Waals surface area contributed by atoms with Gasteiger partial charge in [-0.05, 0) is 45.1 Å². The smallest absolute Gasteiger partial charge is 0.254 e. The number of benzene rings is 1. The van der Waals surface area contributed by atoms with Crippen molar-refractivity contribution in [3.8, 4) is 11.3 Å². The number of rotatable bonds is 9. The predicted octanol–water partition coefficient (Wildman–Crippen LogP) is 4.41. The van der Waals surface area contributed by atoms with Crippen molar-refractivity contribution in [2.45, 2.75) is 76.2 Å². The molecular weight excluding hydrogens is 482 g/mol. The van der Waals surface area contributed by atoms with E-state index >= 15 is 8.78 Å². The average molecular weight is 513 g/mol. The molecule has 11 heteroatoms. The lowest BCUT2D eigenvalue weighted by Gasteiger charge is -2.40. The van der Waals surface area contributed by atoms with Gasteiger partial charge < -0.3 is 16.0 Å². The van der Waals surface area contributed by atoms with Crippen molar-refractivity contribution >= 4 is 23.5 Å². The lowest BCUT2D eigenvalue weighted by Crippen LogP contribution is -2.34. The Labute approximate surface area is 212 Å². The lowest BCUT2D eigenvalue weighted by atomic mass is 9.64. The molecule has 3 aromatic rings. The maximum atomic E-state index is 15.2. The van der Waals surface area contributed by atoms with Gasteiger partial charge in [0.05, 0.1) is 17.7 Å². The summed E-state index contributed by atoms with van der Waals surface area (Å²) in [6, 6.07) is 4.26. The Bertz CT molecular complexity index is 1390. The number of carbonyl (C=O) groups is 2. The number of anilines is 2. The van der Waals surface area contributed by atoms with E-state index in [0.717, 1.165) is 50.6 Å². The number of nitrogens with zero attached hydrogens (tertiary/aromatic N) is 3. The van der Waals surface area contributed by atoms with E-state index in [1.807, 2.05) is 6.92 Å². The Balaban J connectivity index is 1.36. The highest BCUT2D eigenvalue weighted by Gasteiger charge is 2.44. The van der Waals surface area contributed by atoms with Crippen molar-refractivity contribution in [2.24, 2.45) is 5.73 Å². The van der Waals surface area contributed by atoms with Crippen molar-refractivity contribution in [1.82, 2.24) is 14.9 Å². The summed E-state index contributed by atoms with van der Waals surface area (Å²) in [6.45, 7) is 4.02. The fraction of sp³-hybridized carbons (Fsp3) is 0.462. The van der Waals surface area contributed by atoms with Crippen LogP contribution in [0.1, 0.15) is 80.4 Å². The molecule has 1 aromatic carbocycles. The van der Waals surface area contributed by atoms with E-state index < -0.39 is 35.4 Å². The summed E-state index contributed by atoms with van der Waals surface area (Å²) in [6.07, 6.45) is 6.32. The van der Waals surface area contributed by atoms with E-state index in [2.05, 4.69) is 22.5 Å². The van der Waals surface area contributed by atoms with E-state index in [0.29, 0.717) is 0 Å². The van der Waals surface area contributed by atoms with Crippen molar-refractivity contribution in [2.75, 3.05) is 11.1 Å². The van der Waals surface area contributed by atoms with E-state index in [1.165, 1.54) is 16.8 Å². The standard InChI is InChI=1S/C26H30F2N6O3/c1-3-7-26(8-4-9-26)16-13-18(37-33-16)31-17(35)12-14-5-6-15(21(28)20(14)27)22-19(24(30)36)23(29)34(32-22)25(2)10-11-25/h5-6,13H,3-4,7-12,29H2,1-2H3,(H2,30,36)(H,31,35). The van der Waals surface area contributed by atoms with Gasteiger partial charge in [-0.1, -0.05) is 31.0 Å². The molecule has 0 aliphatic heterocycles. The minimum Gasteiger partial charge on any atom is -0.383 e. The normalized spacial score (nSPS) is 17.3. The molecule has 5 N–H and O–H groups in total. The zero-order valence-corrected chi connectivity index (χ0v) is 20.9. The van der Waals surface area contributed by atoms with Gasteiger partial charge in [0, 0.05) is 22.6 Å². The second-order valence-corrected chi connectivity index (χ2v) is 10.5. The van der Waals surface area contributed by atoms with Crippen molar-refractivity contribution in [3.05, 3.63) is 46.7 Å². The largest absolute Gasteiger partial charge is 0.383 e. The van der Waals surface area contributed by atoms with Gasteiger partial charge in [0.25, 0.3) is 5.91 Å². The third-order valence-corrected chi connectivity index (χ3v) is 7.78. The molecule has 2 aliphatic carbocycles. The fourth-order valence-corrected chi connectivity index (χ4v) is 5.23. The molecule has 0 radical (unpaired) electrons. The molecule has 2 saturated carbocycles. The number of carbonyl (C=O) groups excluding carboxylic acids is 2. The molecule has 2 heterocycles. The second kappa shape index (κ2) is 8.97. The molecule has 0 saturated heterocycles. The quantitative estimate of drug-likeness (QED) is 0.388. The minimum atomic E-state index is -1.24. The lowest BCUT2D eigenvalue weighted by molar-refractivity contribution is -0.115. The number of amides is 2. The van der Waals surface area contributed by atoms with E-state index in [-0.39, 0.29) is 39.5 Å². The molecule has 0 atom stereocenters. The van der Waals surface area contributed by atoms with Gasteiger partial charge in [-0.3, -0.25) is 14.9 Å². The van der Waals surface area contributed by atoms with Crippen LogP contribution in [0.2, 0.25) is 0 Å². The summed E-state index contributed by atoms with van der Waals surface area (Å²) in [4.78, 5) is 24.7. The van der Waals surface area contributed by atoms with Crippen molar-refractivity contribution in [1.29, 1.82) is 0 Å². The van der Waals surface area contributed by atoms with Crippen LogP contribution in [0.3, 0.4) is 0 Å². The number of hydrogen-bond acceptors (Lipinski definition) is 6.